The highest BCUT2D eigenvalue weighted by Crippen LogP contribution is 2.48. The quantitative estimate of drug-likeness (QED) is 0.128. The standard InChI is InChI=1S/C58H40N6/c1-3-15-41(16-4-1)43-23-27-45(28-24-43)57-49-33-31-48(64(55-21-9-13-37-61-55)56-22-10-14-38-62-56)40-52(49)58(46-29-25-44(26-30-46)42-17-5-2-6-18-42)50-34-32-47(39-51(50)57)63(53-19-7-11-35-59-53)54-20-8-12-36-60-54/h1-40H. The summed E-state index contributed by atoms with van der Waals surface area (Å²) in [4.78, 5) is 23.6. The lowest BCUT2D eigenvalue weighted by molar-refractivity contribution is 1.13. The maximum atomic E-state index is 4.83. The molecule has 4 aromatic heterocycles. The molecule has 0 atom stereocenters. The second kappa shape index (κ2) is 17.0. The minimum Gasteiger partial charge on any atom is -0.279 e. The van der Waals surface area contributed by atoms with Gasteiger partial charge < -0.3 is 0 Å². The van der Waals surface area contributed by atoms with E-state index in [9.17, 15) is 0 Å². The molecule has 0 saturated heterocycles. The Kier molecular flexibility index (Phi) is 10.1. The average molecular weight is 821 g/mol. The van der Waals surface area contributed by atoms with Crippen molar-refractivity contribution in [3.63, 3.8) is 0 Å². The third-order valence-corrected chi connectivity index (χ3v) is 11.7. The molecule has 0 aliphatic heterocycles. The Morgan fingerprint density at radius 2 is 0.531 bits per heavy atom. The van der Waals surface area contributed by atoms with E-state index in [1.54, 1.807) is 0 Å². The number of pyridine rings is 4. The van der Waals surface area contributed by atoms with E-state index < -0.39 is 0 Å². The van der Waals surface area contributed by atoms with Crippen LogP contribution in [0, 0.1) is 0 Å². The molecule has 64 heavy (non-hydrogen) atoms. The molecule has 0 bridgehead atoms. The van der Waals surface area contributed by atoms with Crippen LogP contribution < -0.4 is 9.80 Å². The van der Waals surface area contributed by atoms with E-state index in [1.807, 2.05) is 97.6 Å². The summed E-state index contributed by atoms with van der Waals surface area (Å²) >= 11 is 0. The van der Waals surface area contributed by atoms with Crippen molar-refractivity contribution in [2.75, 3.05) is 9.80 Å². The Bertz CT molecular complexity index is 3020. The first-order valence-corrected chi connectivity index (χ1v) is 21.4. The van der Waals surface area contributed by atoms with Crippen LogP contribution in [-0.2, 0) is 0 Å². The number of nitrogens with zero attached hydrogens (tertiary/aromatic N) is 6. The van der Waals surface area contributed by atoms with Crippen LogP contribution in [0.2, 0.25) is 0 Å². The minimum absolute atomic E-state index is 0.778. The van der Waals surface area contributed by atoms with E-state index in [4.69, 9.17) is 19.9 Å². The lowest BCUT2D eigenvalue weighted by atomic mass is 9.84. The van der Waals surface area contributed by atoms with Crippen molar-refractivity contribution < 1.29 is 0 Å². The van der Waals surface area contributed by atoms with E-state index in [0.29, 0.717) is 0 Å². The smallest absolute Gasteiger partial charge is 0.138 e. The first-order chi connectivity index (χ1) is 31.8. The second-order valence-electron chi connectivity index (χ2n) is 15.5. The van der Waals surface area contributed by atoms with Crippen molar-refractivity contribution in [3.8, 4) is 44.5 Å². The van der Waals surface area contributed by atoms with Crippen LogP contribution in [0.5, 0.6) is 0 Å². The van der Waals surface area contributed by atoms with Crippen LogP contribution in [0.25, 0.3) is 66.1 Å². The van der Waals surface area contributed by atoms with E-state index in [1.165, 1.54) is 11.1 Å². The van der Waals surface area contributed by atoms with Crippen LogP contribution in [0.15, 0.2) is 243 Å². The summed E-state index contributed by atoms with van der Waals surface area (Å²) in [6.07, 6.45) is 7.31. The van der Waals surface area contributed by atoms with Crippen LogP contribution in [0.1, 0.15) is 0 Å². The van der Waals surface area contributed by atoms with Gasteiger partial charge in [-0.25, -0.2) is 19.9 Å². The van der Waals surface area contributed by atoms with Crippen LogP contribution >= 0.6 is 0 Å². The number of hydrogen-bond acceptors (Lipinski definition) is 6. The number of fused-ring (bicyclic) bond motifs is 2. The van der Waals surface area contributed by atoms with Crippen molar-refractivity contribution in [2.24, 2.45) is 0 Å². The van der Waals surface area contributed by atoms with Crippen molar-refractivity contribution >= 4 is 56.2 Å². The number of anilines is 6. The van der Waals surface area contributed by atoms with E-state index in [2.05, 4.69) is 155 Å². The highest BCUT2D eigenvalue weighted by molar-refractivity contribution is 6.22. The molecule has 7 aromatic carbocycles. The van der Waals surface area contributed by atoms with Gasteiger partial charge in [0, 0.05) is 36.2 Å². The monoisotopic (exact) mass is 820 g/mol. The van der Waals surface area contributed by atoms with E-state index in [0.717, 1.165) is 89.6 Å². The largest absolute Gasteiger partial charge is 0.279 e. The molecule has 4 heterocycles. The third-order valence-electron chi connectivity index (χ3n) is 11.7. The van der Waals surface area contributed by atoms with Crippen molar-refractivity contribution in [2.45, 2.75) is 0 Å². The van der Waals surface area contributed by atoms with Gasteiger partial charge in [0.15, 0.2) is 0 Å². The average Bonchev–Trinajstić information content (AvgIpc) is 3.38. The summed E-state index contributed by atoms with van der Waals surface area (Å²) in [5, 5.41) is 4.45. The summed E-state index contributed by atoms with van der Waals surface area (Å²) in [6.45, 7) is 0. The molecule has 0 spiro atoms. The summed E-state index contributed by atoms with van der Waals surface area (Å²) < 4.78 is 0. The van der Waals surface area contributed by atoms with Crippen LogP contribution in [0.3, 0.4) is 0 Å². The molecule has 6 nitrogen and oxygen atoms in total. The fourth-order valence-corrected chi connectivity index (χ4v) is 8.73. The normalized spacial score (nSPS) is 11.1. The van der Waals surface area contributed by atoms with E-state index in [-0.39, 0.29) is 0 Å². The molecule has 0 amide bonds. The molecule has 302 valence electrons. The van der Waals surface area contributed by atoms with Crippen molar-refractivity contribution in [1.29, 1.82) is 0 Å². The molecule has 0 fully saturated rings. The minimum atomic E-state index is 0.778. The van der Waals surface area contributed by atoms with Gasteiger partial charge in [0.05, 0.1) is 0 Å². The Balaban J connectivity index is 1.22. The summed E-state index contributed by atoms with van der Waals surface area (Å²) in [6, 6.07) is 76.5. The number of hydrogen-bond donors (Lipinski definition) is 0. The lowest BCUT2D eigenvalue weighted by Crippen LogP contribution is -2.13. The first kappa shape index (κ1) is 38.2. The molecule has 0 N–H and O–H groups in total. The van der Waals surface area contributed by atoms with Crippen molar-refractivity contribution in [1.82, 2.24) is 19.9 Å². The molecular weight excluding hydrogens is 781 g/mol. The Morgan fingerprint density at radius 3 is 0.844 bits per heavy atom. The lowest BCUT2D eigenvalue weighted by Gasteiger charge is -2.26. The zero-order valence-electron chi connectivity index (χ0n) is 34.8. The maximum absolute atomic E-state index is 4.83. The number of aromatic nitrogens is 4. The topological polar surface area (TPSA) is 58.0 Å². The molecule has 0 aliphatic rings. The molecular formula is C58H40N6. The van der Waals surface area contributed by atoms with Crippen molar-refractivity contribution in [3.05, 3.63) is 243 Å². The molecule has 11 rings (SSSR count). The van der Waals surface area contributed by atoms with Gasteiger partial charge in [-0.1, -0.05) is 146 Å². The molecule has 0 unspecified atom stereocenters. The van der Waals surface area contributed by atoms with Crippen LogP contribution in [-0.4, -0.2) is 19.9 Å². The van der Waals surface area contributed by atoms with Gasteiger partial charge in [-0.05, 0) is 139 Å². The third kappa shape index (κ3) is 7.29. The van der Waals surface area contributed by atoms with Gasteiger partial charge in [-0.2, -0.15) is 0 Å². The van der Waals surface area contributed by atoms with Gasteiger partial charge in [-0.15, -0.1) is 0 Å². The zero-order valence-corrected chi connectivity index (χ0v) is 34.8. The fourth-order valence-electron chi connectivity index (χ4n) is 8.73. The van der Waals surface area contributed by atoms with Gasteiger partial charge in [0.25, 0.3) is 0 Å². The van der Waals surface area contributed by atoms with E-state index >= 15 is 0 Å². The number of rotatable bonds is 10. The molecule has 0 saturated carbocycles. The predicted molar refractivity (Wildman–Crippen MR) is 264 cm³/mol. The maximum Gasteiger partial charge on any atom is 0.138 e. The van der Waals surface area contributed by atoms with Gasteiger partial charge in [0.2, 0.25) is 0 Å². The van der Waals surface area contributed by atoms with Gasteiger partial charge in [-0.3, -0.25) is 9.80 Å². The SMILES string of the molecule is c1ccc(-c2ccc(-c3c4ccc(N(c5ccccn5)c5ccccn5)cc4c(-c4ccc(-c5ccccc5)cc4)c4ccc(N(c5ccccn5)c5ccccn5)cc34)cc2)cc1. The summed E-state index contributed by atoms with van der Waals surface area (Å²) in [5.41, 5.74) is 11.1. The summed E-state index contributed by atoms with van der Waals surface area (Å²) in [5.74, 6) is 3.11. The molecule has 0 radical (unpaired) electrons. The van der Waals surface area contributed by atoms with Gasteiger partial charge in [0.1, 0.15) is 23.3 Å². The highest BCUT2D eigenvalue weighted by atomic mass is 15.2. The highest BCUT2D eigenvalue weighted by Gasteiger charge is 2.23. The number of benzene rings is 7. The second-order valence-corrected chi connectivity index (χ2v) is 15.5. The molecule has 11 aromatic rings. The van der Waals surface area contributed by atoms with Gasteiger partial charge >= 0.3 is 0 Å². The predicted octanol–water partition coefficient (Wildman–Crippen LogP) is 15.2. The molecule has 0 aliphatic carbocycles. The Labute approximate surface area is 372 Å². The Morgan fingerprint density at radius 1 is 0.234 bits per heavy atom. The first-order valence-electron chi connectivity index (χ1n) is 21.4. The molecule has 6 heteroatoms. The van der Waals surface area contributed by atoms with Crippen LogP contribution in [0.4, 0.5) is 34.6 Å². The fraction of sp³-hybridized carbons (Fsp3) is 0. The zero-order chi connectivity index (χ0) is 42.7. The summed E-state index contributed by atoms with van der Waals surface area (Å²) in [7, 11) is 0. The Hall–Kier alpha value is -8.74.